The molecule has 1 fully saturated rings. The second kappa shape index (κ2) is 6.92. The Morgan fingerprint density at radius 1 is 1.12 bits per heavy atom. The first kappa shape index (κ1) is 19.3. The Kier molecular flexibility index (Phi) is 5.13. The summed E-state index contributed by atoms with van der Waals surface area (Å²) in [6.07, 6.45) is 0.537. The van der Waals surface area contributed by atoms with E-state index in [1.807, 2.05) is 0 Å². The quantitative estimate of drug-likeness (QED) is 0.795. The molecule has 3 rings (SSSR count). The van der Waals surface area contributed by atoms with Crippen LogP contribution in [-0.4, -0.2) is 29.1 Å². The second-order valence-electron chi connectivity index (χ2n) is 5.92. The zero-order valence-corrected chi connectivity index (χ0v) is 16.9. The molecule has 0 radical (unpaired) electrons. The average Bonchev–Trinajstić information content (AvgIpc) is 2.91. The van der Waals surface area contributed by atoms with Crippen molar-refractivity contribution in [1.29, 1.82) is 0 Å². The van der Waals surface area contributed by atoms with Crippen molar-refractivity contribution in [3.63, 3.8) is 0 Å². The topological polar surface area (TPSA) is 83.6 Å². The third-order valence-electron chi connectivity index (χ3n) is 4.04. The van der Waals surface area contributed by atoms with E-state index in [0.29, 0.717) is 24.2 Å². The fourth-order valence-electron chi connectivity index (χ4n) is 2.69. The Hall–Kier alpha value is -1.48. The first-order chi connectivity index (χ1) is 12.1. The van der Waals surface area contributed by atoms with Crippen LogP contribution < -0.4 is 9.03 Å². The molecular weight excluding hydrogens is 419 g/mol. The summed E-state index contributed by atoms with van der Waals surface area (Å²) in [7, 11) is -7.35. The van der Waals surface area contributed by atoms with Gasteiger partial charge in [0.1, 0.15) is 4.90 Å². The highest BCUT2D eigenvalue weighted by Crippen LogP contribution is 2.31. The van der Waals surface area contributed by atoms with Crippen LogP contribution in [0.3, 0.4) is 0 Å². The maximum absolute atomic E-state index is 12.7. The van der Waals surface area contributed by atoms with Crippen molar-refractivity contribution < 1.29 is 16.8 Å². The number of sulfonamides is 2. The maximum Gasteiger partial charge on any atom is 0.263 e. The zero-order chi connectivity index (χ0) is 19.1. The number of hydrogen-bond acceptors (Lipinski definition) is 4. The smallest absolute Gasteiger partial charge is 0.263 e. The lowest BCUT2D eigenvalue weighted by atomic mass is 10.2. The summed E-state index contributed by atoms with van der Waals surface area (Å²) in [6.45, 7) is 2.09. The van der Waals surface area contributed by atoms with E-state index in [1.54, 1.807) is 19.1 Å². The standard InChI is InChI=1S/C16H16Cl2N2O4S2/c1-11-3-5-13(20-7-2-8-25(20,21)22)10-15(11)19-26(23,24)16-9-12(17)4-6-14(16)18/h3-6,9-10,19H,2,7-8H2,1H3. The molecule has 140 valence electrons. The van der Waals surface area contributed by atoms with Gasteiger partial charge in [0.25, 0.3) is 10.0 Å². The maximum atomic E-state index is 12.7. The highest BCUT2D eigenvalue weighted by molar-refractivity contribution is 7.93. The number of halogens is 2. The van der Waals surface area contributed by atoms with Crippen LogP contribution >= 0.6 is 23.2 Å². The van der Waals surface area contributed by atoms with Crippen molar-refractivity contribution in [3.8, 4) is 0 Å². The predicted octanol–water partition coefficient (Wildman–Crippen LogP) is 3.64. The Bertz CT molecular complexity index is 1070. The van der Waals surface area contributed by atoms with Gasteiger partial charge in [0.05, 0.1) is 22.2 Å². The van der Waals surface area contributed by atoms with Crippen LogP contribution in [0.1, 0.15) is 12.0 Å². The first-order valence-corrected chi connectivity index (χ1v) is 11.5. The van der Waals surface area contributed by atoms with E-state index in [0.717, 1.165) is 0 Å². The molecule has 0 saturated carbocycles. The van der Waals surface area contributed by atoms with Crippen LogP contribution in [0.25, 0.3) is 0 Å². The normalized spacial score (nSPS) is 16.7. The lowest BCUT2D eigenvalue weighted by Gasteiger charge is -2.19. The number of hydrogen-bond donors (Lipinski definition) is 1. The van der Waals surface area contributed by atoms with Gasteiger partial charge in [0.15, 0.2) is 0 Å². The molecule has 0 amide bonds. The van der Waals surface area contributed by atoms with Gasteiger partial charge in [-0.2, -0.15) is 0 Å². The van der Waals surface area contributed by atoms with E-state index < -0.39 is 20.0 Å². The number of aryl methyl sites for hydroxylation is 1. The van der Waals surface area contributed by atoms with E-state index in [1.165, 1.54) is 28.6 Å². The molecule has 0 spiro atoms. The van der Waals surface area contributed by atoms with Crippen molar-refractivity contribution in [2.45, 2.75) is 18.2 Å². The molecule has 26 heavy (non-hydrogen) atoms. The van der Waals surface area contributed by atoms with Crippen LogP contribution in [-0.2, 0) is 20.0 Å². The van der Waals surface area contributed by atoms with Crippen LogP contribution in [0.5, 0.6) is 0 Å². The van der Waals surface area contributed by atoms with Crippen LogP contribution in [0, 0.1) is 6.92 Å². The van der Waals surface area contributed by atoms with Gasteiger partial charge in [0, 0.05) is 11.6 Å². The van der Waals surface area contributed by atoms with Gasteiger partial charge in [-0.05, 0) is 49.2 Å². The molecule has 1 aliphatic rings. The van der Waals surface area contributed by atoms with Gasteiger partial charge in [-0.15, -0.1) is 0 Å². The van der Waals surface area contributed by atoms with Gasteiger partial charge < -0.3 is 0 Å². The Morgan fingerprint density at radius 2 is 1.85 bits per heavy atom. The van der Waals surface area contributed by atoms with E-state index in [2.05, 4.69) is 4.72 Å². The summed E-state index contributed by atoms with van der Waals surface area (Å²) in [6, 6.07) is 8.99. The van der Waals surface area contributed by atoms with Crippen molar-refractivity contribution >= 4 is 54.6 Å². The lowest BCUT2D eigenvalue weighted by Crippen LogP contribution is -2.25. The number of anilines is 2. The van der Waals surface area contributed by atoms with Crippen molar-refractivity contribution in [2.24, 2.45) is 0 Å². The minimum Gasteiger partial charge on any atom is -0.279 e. The summed E-state index contributed by atoms with van der Waals surface area (Å²) in [5, 5.41) is 0.279. The Morgan fingerprint density at radius 3 is 2.50 bits per heavy atom. The van der Waals surface area contributed by atoms with Gasteiger partial charge in [-0.3, -0.25) is 9.03 Å². The van der Waals surface area contributed by atoms with E-state index in [4.69, 9.17) is 23.2 Å². The van der Waals surface area contributed by atoms with Crippen LogP contribution in [0.15, 0.2) is 41.3 Å². The molecule has 0 aliphatic carbocycles. The molecule has 10 heteroatoms. The minimum absolute atomic E-state index is 0.0397. The van der Waals surface area contributed by atoms with Crippen LogP contribution in [0.2, 0.25) is 10.0 Å². The summed E-state index contributed by atoms with van der Waals surface area (Å²) < 4.78 is 53.4. The third-order valence-corrected chi connectivity index (χ3v) is 7.99. The fraction of sp³-hybridized carbons (Fsp3) is 0.250. The van der Waals surface area contributed by atoms with E-state index in [9.17, 15) is 16.8 Å². The molecule has 1 saturated heterocycles. The molecule has 6 nitrogen and oxygen atoms in total. The van der Waals surface area contributed by atoms with Gasteiger partial charge in [-0.1, -0.05) is 29.3 Å². The van der Waals surface area contributed by atoms with E-state index in [-0.39, 0.29) is 26.4 Å². The Labute approximate surface area is 162 Å². The molecule has 2 aromatic carbocycles. The lowest BCUT2D eigenvalue weighted by molar-refractivity contribution is 0.598. The van der Waals surface area contributed by atoms with Gasteiger partial charge >= 0.3 is 0 Å². The van der Waals surface area contributed by atoms with Crippen molar-refractivity contribution in [2.75, 3.05) is 21.3 Å². The summed E-state index contributed by atoms with van der Waals surface area (Å²) >= 11 is 11.9. The molecule has 0 aromatic heterocycles. The number of nitrogens with one attached hydrogen (secondary N) is 1. The molecule has 1 N–H and O–H groups in total. The monoisotopic (exact) mass is 434 g/mol. The molecular formula is C16H16Cl2N2O4S2. The molecule has 0 bridgehead atoms. The number of benzene rings is 2. The fourth-order valence-corrected chi connectivity index (χ4v) is 6.13. The predicted molar refractivity (Wildman–Crippen MR) is 104 cm³/mol. The summed E-state index contributed by atoms with van der Waals surface area (Å²) in [4.78, 5) is -0.148. The second-order valence-corrected chi connectivity index (χ2v) is 10.4. The third kappa shape index (κ3) is 3.78. The summed E-state index contributed by atoms with van der Waals surface area (Å²) in [5.74, 6) is 0.0834. The highest BCUT2D eigenvalue weighted by atomic mass is 35.5. The number of rotatable bonds is 4. The minimum atomic E-state index is -3.99. The largest absolute Gasteiger partial charge is 0.279 e. The Balaban J connectivity index is 2.00. The van der Waals surface area contributed by atoms with E-state index >= 15 is 0 Å². The van der Waals surface area contributed by atoms with Crippen LogP contribution in [0.4, 0.5) is 11.4 Å². The first-order valence-electron chi connectivity index (χ1n) is 7.69. The van der Waals surface area contributed by atoms with Gasteiger partial charge in [-0.25, -0.2) is 16.8 Å². The molecule has 0 atom stereocenters. The highest BCUT2D eigenvalue weighted by Gasteiger charge is 2.29. The molecule has 1 aliphatic heterocycles. The average molecular weight is 435 g/mol. The zero-order valence-electron chi connectivity index (χ0n) is 13.7. The van der Waals surface area contributed by atoms with Crippen molar-refractivity contribution in [3.05, 3.63) is 52.0 Å². The molecule has 1 heterocycles. The SMILES string of the molecule is Cc1ccc(N2CCCS2(=O)=O)cc1NS(=O)(=O)c1cc(Cl)ccc1Cl. The molecule has 2 aromatic rings. The van der Waals surface area contributed by atoms with Gasteiger partial charge in [0.2, 0.25) is 10.0 Å². The number of nitrogens with zero attached hydrogens (tertiary/aromatic N) is 1. The summed E-state index contributed by atoms with van der Waals surface area (Å²) in [5.41, 5.74) is 1.34. The van der Waals surface area contributed by atoms with Crippen molar-refractivity contribution in [1.82, 2.24) is 0 Å². The molecule has 0 unspecified atom stereocenters.